The van der Waals surface area contributed by atoms with Crippen LogP contribution in [0.3, 0.4) is 0 Å². The quantitative estimate of drug-likeness (QED) is 0.0966. The maximum atomic E-state index is 13.6. The van der Waals surface area contributed by atoms with Gasteiger partial charge in [0.05, 0.1) is 24.8 Å². The normalized spacial score (nSPS) is 12.3. The van der Waals surface area contributed by atoms with Crippen molar-refractivity contribution >= 4 is 29.6 Å². The van der Waals surface area contributed by atoms with Gasteiger partial charge in [-0.2, -0.15) is 5.10 Å². The predicted octanol–water partition coefficient (Wildman–Crippen LogP) is 5.96. The summed E-state index contributed by atoms with van der Waals surface area (Å²) in [6.07, 6.45) is 0.772. The highest BCUT2D eigenvalue weighted by Gasteiger charge is 2.24. The summed E-state index contributed by atoms with van der Waals surface area (Å²) in [5.41, 5.74) is 5.14. The zero-order valence-corrected chi connectivity index (χ0v) is 29.5. The van der Waals surface area contributed by atoms with E-state index < -0.39 is 36.5 Å². The van der Waals surface area contributed by atoms with E-state index in [0.29, 0.717) is 23.8 Å². The highest BCUT2D eigenvalue weighted by molar-refractivity contribution is 6.31. The fourth-order valence-electron chi connectivity index (χ4n) is 5.37. The van der Waals surface area contributed by atoms with Gasteiger partial charge >= 0.3 is 12.1 Å². The van der Waals surface area contributed by atoms with E-state index >= 15 is 0 Å². The van der Waals surface area contributed by atoms with Crippen LogP contribution >= 0.6 is 11.6 Å². The molecule has 0 radical (unpaired) electrons. The average molecular weight is 715 g/mol. The van der Waals surface area contributed by atoms with Gasteiger partial charge in [0.25, 0.3) is 5.91 Å². The van der Waals surface area contributed by atoms with Crippen molar-refractivity contribution in [1.29, 1.82) is 0 Å². The fraction of sp³-hybridized carbons (Fsp3) is 0.333. The summed E-state index contributed by atoms with van der Waals surface area (Å²) in [5.74, 6) is -0.612. The van der Waals surface area contributed by atoms with Crippen molar-refractivity contribution in [3.05, 3.63) is 100 Å². The number of hydrogen-bond acceptors (Lipinski definition) is 11. The van der Waals surface area contributed by atoms with Crippen molar-refractivity contribution in [2.45, 2.75) is 78.4 Å². The molecule has 0 aliphatic carbocycles. The molecule has 266 valence electrons. The monoisotopic (exact) mass is 714 g/mol. The smallest absolute Gasteiger partial charge is 0.431 e. The molecule has 3 aromatic heterocycles. The van der Waals surface area contributed by atoms with Crippen molar-refractivity contribution in [3.8, 4) is 22.6 Å². The molecule has 1 unspecified atom stereocenters. The minimum absolute atomic E-state index is 0.197. The number of aromatic nitrogens is 7. The molecular formula is C36H39ClN8O6. The van der Waals surface area contributed by atoms with E-state index in [2.05, 4.69) is 31.0 Å². The zero-order chi connectivity index (χ0) is 36.3. The molecule has 2 atom stereocenters. The molecule has 0 saturated heterocycles. The Morgan fingerprint density at radius 3 is 2.41 bits per heavy atom. The Labute approximate surface area is 299 Å². The number of nitrogens with one attached hydrogen (secondary N) is 2. The number of aryl methyl sites for hydroxylation is 1. The van der Waals surface area contributed by atoms with Crippen LogP contribution in [0, 0.1) is 0 Å². The summed E-state index contributed by atoms with van der Waals surface area (Å²) < 4.78 is 17.0. The van der Waals surface area contributed by atoms with Crippen LogP contribution < -0.4 is 5.32 Å². The number of pyridine rings is 1. The van der Waals surface area contributed by atoms with E-state index in [9.17, 15) is 14.4 Å². The highest BCUT2D eigenvalue weighted by Crippen LogP contribution is 2.28. The molecule has 0 aliphatic rings. The first-order chi connectivity index (χ1) is 24.6. The molecule has 15 heteroatoms. The molecule has 14 nitrogen and oxygen atoms in total. The Morgan fingerprint density at radius 1 is 0.961 bits per heavy atom. The molecule has 2 N–H and O–H groups in total. The molecule has 51 heavy (non-hydrogen) atoms. The van der Waals surface area contributed by atoms with E-state index in [4.69, 9.17) is 30.8 Å². The largest absolute Gasteiger partial charge is 0.511 e. The third kappa shape index (κ3) is 10.2. The maximum Gasteiger partial charge on any atom is 0.511 e. The Balaban J connectivity index is 1.30. The van der Waals surface area contributed by atoms with Crippen molar-refractivity contribution in [2.75, 3.05) is 0 Å². The lowest BCUT2D eigenvalue weighted by Gasteiger charge is -2.20. The molecule has 0 spiro atoms. The van der Waals surface area contributed by atoms with E-state index in [1.807, 2.05) is 55.5 Å². The van der Waals surface area contributed by atoms with Crippen LogP contribution in [0.4, 0.5) is 4.79 Å². The van der Waals surface area contributed by atoms with Crippen LogP contribution in [-0.4, -0.2) is 71.9 Å². The summed E-state index contributed by atoms with van der Waals surface area (Å²) >= 11 is 6.42. The van der Waals surface area contributed by atoms with E-state index in [0.717, 1.165) is 40.1 Å². The summed E-state index contributed by atoms with van der Waals surface area (Å²) in [6.45, 7) is 7.18. The second-order valence-corrected chi connectivity index (χ2v) is 12.4. The van der Waals surface area contributed by atoms with Gasteiger partial charge in [-0.15, -0.1) is 5.10 Å². The van der Waals surface area contributed by atoms with Gasteiger partial charge in [0.2, 0.25) is 6.29 Å². The van der Waals surface area contributed by atoms with Crippen LogP contribution in [-0.2, 0) is 38.4 Å². The van der Waals surface area contributed by atoms with Crippen LogP contribution in [0.5, 0.6) is 0 Å². The summed E-state index contributed by atoms with van der Waals surface area (Å²) in [6, 6.07) is 19.8. The zero-order valence-electron chi connectivity index (χ0n) is 28.7. The number of aromatic amines is 1. The SMILES string of the molecule is CCCc1cc(C(=O)N[C@@H](CC(=O)OC(C)OC(=O)OC(C)C)Cc2ccccc2Cl)nn1Cc1ccc(-c2ccccc2-c2nnn[nH]2)nc1. The van der Waals surface area contributed by atoms with Gasteiger partial charge in [-0.05, 0) is 66.4 Å². The van der Waals surface area contributed by atoms with Crippen LogP contribution in [0.15, 0.2) is 72.9 Å². The molecule has 2 aromatic carbocycles. The lowest BCUT2D eigenvalue weighted by molar-refractivity contribution is -0.169. The van der Waals surface area contributed by atoms with Crippen LogP contribution in [0.1, 0.15) is 67.8 Å². The summed E-state index contributed by atoms with van der Waals surface area (Å²) in [4.78, 5) is 43.1. The van der Waals surface area contributed by atoms with Gasteiger partial charge in [-0.25, -0.2) is 9.89 Å². The number of H-pyrrole nitrogens is 1. The minimum atomic E-state index is -1.20. The first-order valence-electron chi connectivity index (χ1n) is 16.6. The average Bonchev–Trinajstić information content (AvgIpc) is 3.77. The number of tetrazole rings is 1. The van der Waals surface area contributed by atoms with Crippen LogP contribution in [0.25, 0.3) is 22.6 Å². The predicted molar refractivity (Wildman–Crippen MR) is 187 cm³/mol. The molecule has 1 amide bonds. The molecule has 5 aromatic rings. The maximum absolute atomic E-state index is 13.6. The first kappa shape index (κ1) is 36.6. The van der Waals surface area contributed by atoms with Crippen molar-refractivity contribution < 1.29 is 28.6 Å². The van der Waals surface area contributed by atoms with E-state index in [-0.39, 0.29) is 18.5 Å². The van der Waals surface area contributed by atoms with Gasteiger partial charge in [0, 0.05) is 41.0 Å². The third-order valence-electron chi connectivity index (χ3n) is 7.63. The minimum Gasteiger partial charge on any atom is -0.431 e. The van der Waals surface area contributed by atoms with E-state index in [1.165, 1.54) is 6.92 Å². The molecule has 3 heterocycles. The number of benzene rings is 2. The fourth-order valence-corrected chi connectivity index (χ4v) is 5.59. The van der Waals surface area contributed by atoms with E-state index in [1.54, 1.807) is 42.9 Å². The molecule has 5 rings (SSSR count). The number of carbonyl (C=O) groups excluding carboxylic acids is 3. The van der Waals surface area contributed by atoms with Gasteiger partial charge in [-0.1, -0.05) is 73.5 Å². The molecule has 0 bridgehead atoms. The highest BCUT2D eigenvalue weighted by atomic mass is 35.5. The number of rotatable bonds is 15. The lowest BCUT2D eigenvalue weighted by Crippen LogP contribution is -2.39. The number of halogens is 1. The number of esters is 1. The molecule has 0 saturated carbocycles. The number of amides is 1. The molecular weight excluding hydrogens is 676 g/mol. The standard InChI is InChI=1S/C36H39ClN8O6/c1-5-10-27-19-32(42-45(27)21-24-15-16-31(38-20-24)28-12-7-8-13-29(28)34-40-43-44-41-34)35(47)39-26(17-25-11-6-9-14-30(25)37)18-33(46)50-23(4)51-36(48)49-22(2)3/h6-9,11-16,19-20,22-23,26H,5,10,17-18,21H2,1-4H3,(H,39,47)(H,40,41,43,44)/t23?,26-/m1/s1. The first-order valence-corrected chi connectivity index (χ1v) is 16.9. The van der Waals surface area contributed by atoms with Crippen molar-refractivity contribution in [2.24, 2.45) is 0 Å². The van der Waals surface area contributed by atoms with Gasteiger partial charge in [0.15, 0.2) is 5.82 Å². The van der Waals surface area contributed by atoms with Crippen molar-refractivity contribution in [1.82, 2.24) is 40.7 Å². The Kier molecular flexibility index (Phi) is 12.5. The number of ether oxygens (including phenoxy) is 3. The summed E-state index contributed by atoms with van der Waals surface area (Å²) in [5, 5.41) is 22.3. The Morgan fingerprint density at radius 2 is 1.73 bits per heavy atom. The second-order valence-electron chi connectivity index (χ2n) is 12.0. The second kappa shape index (κ2) is 17.3. The summed E-state index contributed by atoms with van der Waals surface area (Å²) in [7, 11) is 0. The van der Waals surface area contributed by atoms with Gasteiger partial charge in [-0.3, -0.25) is 19.3 Å². The van der Waals surface area contributed by atoms with Gasteiger partial charge in [0.1, 0.15) is 5.69 Å². The van der Waals surface area contributed by atoms with Gasteiger partial charge < -0.3 is 19.5 Å². The lowest BCUT2D eigenvalue weighted by atomic mass is 10.0. The number of nitrogens with zero attached hydrogens (tertiary/aromatic N) is 6. The van der Waals surface area contributed by atoms with Crippen LogP contribution in [0.2, 0.25) is 5.02 Å². The molecule has 0 aliphatic heterocycles. The number of carbonyl (C=O) groups is 3. The Hall–Kier alpha value is -5.63. The topological polar surface area (TPSA) is 176 Å². The number of hydrogen-bond donors (Lipinski definition) is 2. The van der Waals surface area contributed by atoms with Crippen molar-refractivity contribution in [3.63, 3.8) is 0 Å². The Bertz CT molecular complexity index is 1930. The third-order valence-corrected chi connectivity index (χ3v) is 8.00. The molecule has 0 fully saturated rings.